The van der Waals surface area contributed by atoms with E-state index in [-0.39, 0.29) is 11.9 Å². The maximum Gasteiger partial charge on any atom is 0.252 e. The Morgan fingerprint density at radius 3 is 2.87 bits per heavy atom. The highest BCUT2D eigenvalue weighted by Crippen LogP contribution is 2.21. The van der Waals surface area contributed by atoms with Gasteiger partial charge >= 0.3 is 0 Å². The zero-order valence-electron chi connectivity index (χ0n) is 8.42. The third-order valence-corrected chi connectivity index (χ3v) is 3.46. The van der Waals surface area contributed by atoms with Crippen molar-refractivity contribution < 1.29 is 9.53 Å². The van der Waals surface area contributed by atoms with Crippen LogP contribution in [0.1, 0.15) is 15.9 Å². The molecule has 80 valence electrons. The fraction of sp³-hybridized carbons (Fsp3) is 0.364. The van der Waals surface area contributed by atoms with Crippen molar-refractivity contribution in [2.24, 2.45) is 0 Å². The zero-order valence-corrected chi connectivity index (χ0v) is 10.0. The van der Waals surface area contributed by atoms with E-state index in [0.717, 1.165) is 10.0 Å². The molecule has 3 nitrogen and oxygen atoms in total. The van der Waals surface area contributed by atoms with E-state index < -0.39 is 0 Å². The lowest BCUT2D eigenvalue weighted by molar-refractivity contribution is -0.00347. The number of halogens is 1. The van der Waals surface area contributed by atoms with Gasteiger partial charge in [0.1, 0.15) is 0 Å². The first-order chi connectivity index (χ1) is 7.18. The second-order valence-electron chi connectivity index (χ2n) is 3.64. The number of amides is 1. The van der Waals surface area contributed by atoms with Gasteiger partial charge in [-0.2, -0.15) is 0 Å². The molecule has 0 unspecified atom stereocenters. The molecule has 1 saturated heterocycles. The first-order valence-electron chi connectivity index (χ1n) is 4.82. The summed E-state index contributed by atoms with van der Waals surface area (Å²) in [6.45, 7) is 3.21. The van der Waals surface area contributed by atoms with E-state index in [4.69, 9.17) is 4.74 Å². The van der Waals surface area contributed by atoms with Crippen LogP contribution in [0.4, 0.5) is 0 Å². The van der Waals surface area contributed by atoms with Crippen LogP contribution in [0.5, 0.6) is 0 Å². The van der Waals surface area contributed by atoms with Gasteiger partial charge < -0.3 is 10.1 Å². The van der Waals surface area contributed by atoms with Crippen LogP contribution < -0.4 is 5.32 Å². The number of carbonyl (C=O) groups excluding carboxylic acids is 1. The van der Waals surface area contributed by atoms with Crippen molar-refractivity contribution >= 4 is 21.8 Å². The van der Waals surface area contributed by atoms with Crippen LogP contribution in [0.3, 0.4) is 0 Å². The molecule has 2 rings (SSSR count). The number of aryl methyl sites for hydroxylation is 1. The molecule has 1 amide bonds. The molecule has 1 aliphatic rings. The molecular formula is C11H12BrNO2. The van der Waals surface area contributed by atoms with Gasteiger partial charge in [-0.1, -0.05) is 12.1 Å². The molecular weight excluding hydrogens is 258 g/mol. The van der Waals surface area contributed by atoms with Crippen molar-refractivity contribution in [1.29, 1.82) is 0 Å². The van der Waals surface area contributed by atoms with Gasteiger partial charge in [0.2, 0.25) is 0 Å². The Kier molecular flexibility index (Phi) is 3.07. The zero-order chi connectivity index (χ0) is 10.8. The molecule has 0 bridgehead atoms. The maximum absolute atomic E-state index is 11.8. The number of carbonyl (C=O) groups is 1. The van der Waals surface area contributed by atoms with Crippen molar-refractivity contribution in [3.8, 4) is 0 Å². The largest absolute Gasteiger partial charge is 0.377 e. The summed E-state index contributed by atoms with van der Waals surface area (Å²) >= 11 is 3.42. The lowest BCUT2D eigenvalue weighted by Gasteiger charge is -2.27. The summed E-state index contributed by atoms with van der Waals surface area (Å²) in [6.07, 6.45) is 0. The molecule has 0 atom stereocenters. The summed E-state index contributed by atoms with van der Waals surface area (Å²) < 4.78 is 5.86. The number of hydrogen-bond donors (Lipinski definition) is 1. The van der Waals surface area contributed by atoms with Crippen molar-refractivity contribution in [1.82, 2.24) is 5.32 Å². The average molecular weight is 270 g/mol. The maximum atomic E-state index is 11.8. The summed E-state index contributed by atoms with van der Waals surface area (Å²) in [5, 5.41) is 2.91. The van der Waals surface area contributed by atoms with Gasteiger partial charge in [0.05, 0.1) is 24.8 Å². The monoisotopic (exact) mass is 269 g/mol. The molecule has 0 saturated carbocycles. The Hall–Kier alpha value is -0.870. The Morgan fingerprint density at radius 1 is 1.53 bits per heavy atom. The predicted octanol–water partition coefficient (Wildman–Crippen LogP) is 1.89. The molecule has 15 heavy (non-hydrogen) atoms. The minimum absolute atomic E-state index is 0.0427. The van der Waals surface area contributed by atoms with Gasteiger partial charge in [0.15, 0.2) is 0 Å². The number of hydrogen-bond acceptors (Lipinski definition) is 2. The smallest absolute Gasteiger partial charge is 0.252 e. The van der Waals surface area contributed by atoms with Crippen molar-refractivity contribution in [2.75, 3.05) is 13.2 Å². The SMILES string of the molecule is Cc1cccc(C(=O)NC2COC2)c1Br. The fourth-order valence-electron chi connectivity index (χ4n) is 1.40. The molecule has 1 heterocycles. The second-order valence-corrected chi connectivity index (χ2v) is 4.44. The number of benzene rings is 1. The topological polar surface area (TPSA) is 38.3 Å². The molecule has 0 aliphatic carbocycles. The van der Waals surface area contributed by atoms with Gasteiger partial charge in [0, 0.05) is 4.47 Å². The standard InChI is InChI=1S/C11H12BrNO2/c1-7-3-2-4-9(10(7)12)11(14)13-8-5-15-6-8/h2-4,8H,5-6H2,1H3,(H,13,14). The second kappa shape index (κ2) is 4.33. The summed E-state index contributed by atoms with van der Waals surface area (Å²) in [4.78, 5) is 11.8. The molecule has 1 aliphatic heterocycles. The van der Waals surface area contributed by atoms with Crippen LogP contribution in [0.2, 0.25) is 0 Å². The minimum Gasteiger partial charge on any atom is -0.377 e. The van der Waals surface area contributed by atoms with Gasteiger partial charge in [-0.25, -0.2) is 0 Å². The Bertz CT molecular complexity index is 388. The van der Waals surface area contributed by atoms with Gasteiger partial charge in [-0.3, -0.25) is 4.79 Å². The molecule has 1 N–H and O–H groups in total. The fourth-order valence-corrected chi connectivity index (χ4v) is 1.85. The summed E-state index contributed by atoms with van der Waals surface area (Å²) in [7, 11) is 0. The summed E-state index contributed by atoms with van der Waals surface area (Å²) in [6, 6.07) is 5.83. The third kappa shape index (κ3) is 2.21. The quantitative estimate of drug-likeness (QED) is 0.891. The van der Waals surface area contributed by atoms with E-state index in [1.165, 1.54) is 0 Å². The van der Waals surface area contributed by atoms with Crippen LogP contribution in [0, 0.1) is 6.92 Å². The predicted molar refractivity (Wildman–Crippen MR) is 61.0 cm³/mol. The first kappa shape index (κ1) is 10.6. The molecule has 4 heteroatoms. The molecule has 1 aromatic rings. The van der Waals surface area contributed by atoms with E-state index in [2.05, 4.69) is 21.2 Å². The summed E-state index contributed by atoms with van der Waals surface area (Å²) in [5.74, 6) is -0.0427. The molecule has 1 aromatic carbocycles. The molecule has 0 radical (unpaired) electrons. The van der Waals surface area contributed by atoms with Crippen LogP contribution in [-0.4, -0.2) is 25.2 Å². The van der Waals surface area contributed by atoms with Crippen LogP contribution in [0.25, 0.3) is 0 Å². The number of nitrogens with one attached hydrogen (secondary N) is 1. The Balaban J connectivity index is 2.13. The summed E-state index contributed by atoms with van der Waals surface area (Å²) in [5.41, 5.74) is 1.74. The van der Waals surface area contributed by atoms with Gasteiger partial charge in [0.25, 0.3) is 5.91 Å². The van der Waals surface area contributed by atoms with Crippen LogP contribution in [0.15, 0.2) is 22.7 Å². The minimum atomic E-state index is -0.0427. The van der Waals surface area contributed by atoms with E-state index in [9.17, 15) is 4.79 Å². The highest BCUT2D eigenvalue weighted by molar-refractivity contribution is 9.10. The van der Waals surface area contributed by atoms with Crippen LogP contribution >= 0.6 is 15.9 Å². The van der Waals surface area contributed by atoms with E-state index in [1.807, 2.05) is 25.1 Å². The molecule has 0 spiro atoms. The Morgan fingerprint density at radius 2 is 2.27 bits per heavy atom. The highest BCUT2D eigenvalue weighted by Gasteiger charge is 2.22. The van der Waals surface area contributed by atoms with Crippen molar-refractivity contribution in [2.45, 2.75) is 13.0 Å². The first-order valence-corrected chi connectivity index (χ1v) is 5.61. The van der Waals surface area contributed by atoms with Gasteiger partial charge in [-0.15, -0.1) is 0 Å². The van der Waals surface area contributed by atoms with E-state index >= 15 is 0 Å². The molecule has 1 fully saturated rings. The van der Waals surface area contributed by atoms with Crippen molar-refractivity contribution in [3.05, 3.63) is 33.8 Å². The normalized spacial score (nSPS) is 15.9. The third-order valence-electron chi connectivity index (χ3n) is 2.41. The van der Waals surface area contributed by atoms with E-state index in [0.29, 0.717) is 18.8 Å². The Labute approximate surface area is 96.9 Å². The average Bonchev–Trinajstić information content (AvgIpc) is 2.15. The highest BCUT2D eigenvalue weighted by atomic mass is 79.9. The number of ether oxygens (including phenoxy) is 1. The number of rotatable bonds is 2. The van der Waals surface area contributed by atoms with Gasteiger partial charge in [-0.05, 0) is 34.5 Å². The van der Waals surface area contributed by atoms with Crippen LogP contribution in [-0.2, 0) is 4.74 Å². The lowest BCUT2D eigenvalue weighted by Crippen LogP contribution is -2.48. The van der Waals surface area contributed by atoms with Crippen molar-refractivity contribution in [3.63, 3.8) is 0 Å². The lowest BCUT2D eigenvalue weighted by atomic mass is 10.1. The molecule has 0 aromatic heterocycles. The van der Waals surface area contributed by atoms with E-state index in [1.54, 1.807) is 0 Å².